The lowest BCUT2D eigenvalue weighted by Gasteiger charge is -2.11. The number of nitrogens with one attached hydrogen (secondary N) is 3. The molecule has 0 bridgehead atoms. The lowest BCUT2D eigenvalue weighted by atomic mass is 10.2. The number of hydrogen-bond acceptors (Lipinski definition) is 7. The fourth-order valence-electron chi connectivity index (χ4n) is 3.06. The minimum Gasteiger partial charge on any atom is -0.494 e. The van der Waals surface area contributed by atoms with Crippen LogP contribution in [-0.4, -0.2) is 44.3 Å². The third-order valence-corrected chi connectivity index (χ3v) is 5.21. The molecule has 3 rings (SSSR count). The number of benzene rings is 3. The number of methoxy groups -OCH3 is 1. The number of ether oxygens (including phenoxy) is 3. The number of hydrogen-bond donors (Lipinski definition) is 3. The Morgan fingerprint density at radius 3 is 2.36 bits per heavy atom. The number of carbonyl (C=O) groups is 3. The van der Waals surface area contributed by atoms with Gasteiger partial charge in [-0.25, -0.2) is 9.82 Å². The lowest BCUT2D eigenvalue weighted by Crippen LogP contribution is -2.32. The molecule has 3 aromatic carbocycles. The zero-order valence-electron chi connectivity index (χ0n) is 21.1. The zero-order chi connectivity index (χ0) is 28.2. The topological polar surface area (TPSA) is 127 Å². The Bertz CT molecular complexity index is 1350. The van der Waals surface area contributed by atoms with E-state index in [1.165, 1.54) is 25.5 Å². The number of anilines is 2. The van der Waals surface area contributed by atoms with E-state index in [1.54, 1.807) is 42.5 Å². The Labute approximate surface area is 229 Å². The van der Waals surface area contributed by atoms with Crippen LogP contribution in [0, 0.1) is 5.82 Å². The van der Waals surface area contributed by atoms with Crippen molar-refractivity contribution in [3.05, 3.63) is 77.1 Å². The second-order valence-electron chi connectivity index (χ2n) is 7.90. The van der Waals surface area contributed by atoms with Gasteiger partial charge in [-0.3, -0.25) is 14.4 Å². The summed E-state index contributed by atoms with van der Waals surface area (Å²) in [6.45, 7) is 2.23. The van der Waals surface area contributed by atoms with Gasteiger partial charge in [-0.1, -0.05) is 18.5 Å². The number of rotatable bonds is 11. The molecule has 3 amide bonds. The van der Waals surface area contributed by atoms with Crippen molar-refractivity contribution in [3.63, 3.8) is 0 Å². The zero-order valence-corrected chi connectivity index (χ0v) is 21.9. The van der Waals surface area contributed by atoms with Crippen molar-refractivity contribution >= 4 is 46.9 Å². The SMILES string of the molecule is CCCOc1ccc(NC(=O)C(=O)N/N=C\c2ccc(OCC(=O)Nc3ccc(F)c(Cl)c3)c(OC)c2)cc1. The van der Waals surface area contributed by atoms with E-state index in [2.05, 4.69) is 21.2 Å². The average Bonchev–Trinajstić information content (AvgIpc) is 2.93. The summed E-state index contributed by atoms with van der Waals surface area (Å²) in [5.41, 5.74) is 3.42. The van der Waals surface area contributed by atoms with E-state index in [1.807, 2.05) is 6.92 Å². The van der Waals surface area contributed by atoms with Crippen molar-refractivity contribution in [2.24, 2.45) is 5.10 Å². The molecule has 0 unspecified atom stereocenters. The second kappa shape index (κ2) is 14.3. The van der Waals surface area contributed by atoms with Crippen molar-refractivity contribution in [3.8, 4) is 17.2 Å². The van der Waals surface area contributed by atoms with Crippen LogP contribution < -0.4 is 30.3 Å². The maximum Gasteiger partial charge on any atom is 0.329 e. The van der Waals surface area contributed by atoms with Gasteiger partial charge in [0.1, 0.15) is 11.6 Å². The summed E-state index contributed by atoms with van der Waals surface area (Å²) in [4.78, 5) is 36.3. The Morgan fingerprint density at radius 2 is 1.67 bits per heavy atom. The van der Waals surface area contributed by atoms with Crippen LogP contribution in [0.5, 0.6) is 17.2 Å². The minimum atomic E-state index is -0.960. The fraction of sp³-hybridized carbons (Fsp3) is 0.185. The molecule has 0 aliphatic carbocycles. The van der Waals surface area contributed by atoms with E-state index < -0.39 is 23.5 Å². The predicted octanol–water partition coefficient (Wildman–Crippen LogP) is 4.38. The van der Waals surface area contributed by atoms with Crippen molar-refractivity contribution in [2.45, 2.75) is 13.3 Å². The molecule has 0 fully saturated rings. The quantitative estimate of drug-likeness (QED) is 0.183. The van der Waals surface area contributed by atoms with E-state index in [4.69, 9.17) is 25.8 Å². The van der Waals surface area contributed by atoms with E-state index in [0.29, 0.717) is 35.0 Å². The highest BCUT2D eigenvalue weighted by atomic mass is 35.5. The molecule has 39 heavy (non-hydrogen) atoms. The Kier molecular flexibility index (Phi) is 10.6. The smallest absolute Gasteiger partial charge is 0.329 e. The van der Waals surface area contributed by atoms with Crippen LogP contribution >= 0.6 is 11.6 Å². The molecule has 0 saturated carbocycles. The first-order valence-corrected chi connectivity index (χ1v) is 12.1. The summed E-state index contributed by atoms with van der Waals surface area (Å²) in [5.74, 6) is -1.71. The van der Waals surface area contributed by atoms with Gasteiger partial charge in [-0.05, 0) is 72.6 Å². The lowest BCUT2D eigenvalue weighted by molar-refractivity contribution is -0.136. The summed E-state index contributed by atoms with van der Waals surface area (Å²) in [5, 5.41) is 8.69. The highest BCUT2D eigenvalue weighted by Gasteiger charge is 2.13. The average molecular weight is 557 g/mol. The van der Waals surface area contributed by atoms with Gasteiger partial charge in [0.15, 0.2) is 18.1 Å². The van der Waals surface area contributed by atoms with Crippen molar-refractivity contribution in [1.82, 2.24) is 5.43 Å². The van der Waals surface area contributed by atoms with Gasteiger partial charge in [-0.2, -0.15) is 5.10 Å². The fourth-order valence-corrected chi connectivity index (χ4v) is 3.24. The Balaban J connectivity index is 1.49. The largest absolute Gasteiger partial charge is 0.494 e. The predicted molar refractivity (Wildman–Crippen MR) is 145 cm³/mol. The summed E-state index contributed by atoms with van der Waals surface area (Å²) >= 11 is 5.71. The molecular weight excluding hydrogens is 531 g/mol. The van der Waals surface area contributed by atoms with Gasteiger partial charge < -0.3 is 24.8 Å². The molecule has 0 atom stereocenters. The molecule has 204 valence electrons. The van der Waals surface area contributed by atoms with E-state index in [-0.39, 0.29) is 17.4 Å². The van der Waals surface area contributed by atoms with Crippen LogP contribution in [0.25, 0.3) is 0 Å². The molecule has 3 N–H and O–H groups in total. The van der Waals surface area contributed by atoms with Gasteiger partial charge >= 0.3 is 11.8 Å². The molecule has 0 aliphatic heterocycles. The van der Waals surface area contributed by atoms with Crippen LogP contribution in [0.4, 0.5) is 15.8 Å². The van der Waals surface area contributed by atoms with E-state index >= 15 is 0 Å². The summed E-state index contributed by atoms with van der Waals surface area (Å²) in [6.07, 6.45) is 2.18. The van der Waals surface area contributed by atoms with E-state index in [9.17, 15) is 18.8 Å². The van der Waals surface area contributed by atoms with Crippen LogP contribution in [0.2, 0.25) is 5.02 Å². The number of hydrazone groups is 1. The van der Waals surface area contributed by atoms with Gasteiger partial charge in [0.25, 0.3) is 5.91 Å². The molecule has 0 aromatic heterocycles. The Hall–Kier alpha value is -4.64. The molecule has 0 aliphatic rings. The van der Waals surface area contributed by atoms with Crippen LogP contribution in [-0.2, 0) is 14.4 Å². The maximum absolute atomic E-state index is 13.3. The van der Waals surface area contributed by atoms with Crippen LogP contribution in [0.3, 0.4) is 0 Å². The second-order valence-corrected chi connectivity index (χ2v) is 8.31. The van der Waals surface area contributed by atoms with Gasteiger partial charge in [0.05, 0.1) is 25.0 Å². The third kappa shape index (κ3) is 9.00. The third-order valence-electron chi connectivity index (χ3n) is 4.92. The number of carbonyl (C=O) groups excluding carboxylic acids is 3. The van der Waals surface area contributed by atoms with Gasteiger partial charge in [0, 0.05) is 11.4 Å². The monoisotopic (exact) mass is 556 g/mol. The van der Waals surface area contributed by atoms with Gasteiger partial charge in [-0.15, -0.1) is 0 Å². The normalized spacial score (nSPS) is 10.6. The summed E-state index contributed by atoms with van der Waals surface area (Å²) in [6, 6.07) is 15.1. The number of halogens is 2. The molecule has 0 spiro atoms. The molecular formula is C27H26ClFN4O6. The van der Waals surface area contributed by atoms with Crippen molar-refractivity contribution in [2.75, 3.05) is 31.0 Å². The maximum atomic E-state index is 13.3. The molecule has 0 radical (unpaired) electrons. The standard InChI is InChI=1S/C27H26ClFN4O6/c1-3-12-38-20-8-5-18(6-9-20)32-26(35)27(36)33-30-15-17-4-11-23(24(13-17)37-2)39-16-25(34)31-19-7-10-22(29)21(28)14-19/h4-11,13-15H,3,12,16H2,1-2H3,(H,31,34)(H,32,35)(H,33,36)/b30-15-. The first-order chi connectivity index (χ1) is 18.8. The first-order valence-electron chi connectivity index (χ1n) is 11.7. The van der Waals surface area contributed by atoms with Crippen molar-refractivity contribution in [1.29, 1.82) is 0 Å². The highest BCUT2D eigenvalue weighted by molar-refractivity contribution is 6.39. The molecule has 10 nitrogen and oxygen atoms in total. The Morgan fingerprint density at radius 1 is 0.923 bits per heavy atom. The molecule has 3 aromatic rings. The first kappa shape index (κ1) is 28.9. The van der Waals surface area contributed by atoms with Crippen LogP contribution in [0.1, 0.15) is 18.9 Å². The molecule has 12 heteroatoms. The van der Waals surface area contributed by atoms with Crippen LogP contribution in [0.15, 0.2) is 65.8 Å². The van der Waals surface area contributed by atoms with Crippen molar-refractivity contribution < 1.29 is 33.0 Å². The number of nitrogens with zero attached hydrogens (tertiary/aromatic N) is 1. The highest BCUT2D eigenvalue weighted by Crippen LogP contribution is 2.27. The summed E-state index contributed by atoms with van der Waals surface area (Å²) < 4.78 is 29.5. The van der Waals surface area contributed by atoms with Gasteiger partial charge in [0.2, 0.25) is 0 Å². The minimum absolute atomic E-state index is 0.118. The molecule has 0 heterocycles. The molecule has 0 saturated heterocycles. The number of amides is 3. The summed E-state index contributed by atoms with van der Waals surface area (Å²) in [7, 11) is 1.41. The van der Waals surface area contributed by atoms with E-state index in [0.717, 1.165) is 12.5 Å².